The number of methoxy groups -OCH3 is 1. The number of esters is 2. The van der Waals surface area contributed by atoms with Crippen molar-refractivity contribution in [2.45, 2.75) is 0 Å². The van der Waals surface area contributed by atoms with E-state index in [9.17, 15) is 9.59 Å². The summed E-state index contributed by atoms with van der Waals surface area (Å²) >= 11 is 1.44. The lowest BCUT2D eigenvalue weighted by atomic mass is 10.1. The summed E-state index contributed by atoms with van der Waals surface area (Å²) in [4.78, 5) is 29.4. The molecule has 144 valence electrons. The average molecular weight is 405 g/mol. The van der Waals surface area contributed by atoms with E-state index in [1.54, 1.807) is 48.5 Å². The van der Waals surface area contributed by atoms with Crippen LogP contribution in [0, 0.1) is 0 Å². The normalized spacial score (nSPS) is 14.4. The van der Waals surface area contributed by atoms with Crippen LogP contribution >= 0.6 is 11.3 Å². The Kier molecular flexibility index (Phi) is 5.22. The minimum atomic E-state index is -0.521. The van der Waals surface area contributed by atoms with Crippen molar-refractivity contribution in [3.8, 4) is 11.5 Å². The van der Waals surface area contributed by atoms with Gasteiger partial charge in [-0.2, -0.15) is 0 Å². The zero-order chi connectivity index (χ0) is 20.2. The van der Waals surface area contributed by atoms with Crippen molar-refractivity contribution in [3.63, 3.8) is 0 Å². The topological polar surface area (TPSA) is 74.2 Å². The molecule has 0 spiro atoms. The number of rotatable bonds is 5. The first kappa shape index (κ1) is 18.6. The molecule has 4 rings (SSSR count). The van der Waals surface area contributed by atoms with Crippen LogP contribution < -0.4 is 9.47 Å². The quantitative estimate of drug-likeness (QED) is 0.359. The number of benzene rings is 2. The predicted octanol–water partition coefficient (Wildman–Crippen LogP) is 4.32. The van der Waals surface area contributed by atoms with Gasteiger partial charge in [-0.15, -0.1) is 11.3 Å². The Balaban J connectivity index is 1.57. The van der Waals surface area contributed by atoms with Crippen LogP contribution in [-0.4, -0.2) is 24.9 Å². The number of hydrogen-bond donors (Lipinski definition) is 0. The molecule has 7 heteroatoms. The highest BCUT2D eigenvalue weighted by Crippen LogP contribution is 2.30. The average Bonchev–Trinajstić information content (AvgIpc) is 3.40. The molecule has 0 aliphatic carbocycles. The highest BCUT2D eigenvalue weighted by Gasteiger charge is 2.25. The Morgan fingerprint density at radius 3 is 2.62 bits per heavy atom. The summed E-state index contributed by atoms with van der Waals surface area (Å²) < 4.78 is 16.0. The van der Waals surface area contributed by atoms with Gasteiger partial charge < -0.3 is 14.2 Å². The lowest BCUT2D eigenvalue weighted by molar-refractivity contribution is -0.129. The Morgan fingerprint density at radius 1 is 1.07 bits per heavy atom. The van der Waals surface area contributed by atoms with Crippen LogP contribution in [0.15, 0.2) is 76.7 Å². The van der Waals surface area contributed by atoms with Gasteiger partial charge in [0.15, 0.2) is 17.2 Å². The summed E-state index contributed by atoms with van der Waals surface area (Å²) in [6, 6.07) is 17.3. The van der Waals surface area contributed by atoms with Crippen molar-refractivity contribution in [2.75, 3.05) is 7.11 Å². The molecule has 1 aromatic heterocycles. The van der Waals surface area contributed by atoms with Crippen LogP contribution in [0.4, 0.5) is 0 Å². The largest absolute Gasteiger partial charge is 0.493 e. The molecule has 0 N–H and O–H groups in total. The maximum atomic E-state index is 12.3. The van der Waals surface area contributed by atoms with Gasteiger partial charge in [-0.25, -0.2) is 14.6 Å². The van der Waals surface area contributed by atoms with Crippen LogP contribution in [-0.2, 0) is 9.53 Å². The van der Waals surface area contributed by atoms with E-state index in [4.69, 9.17) is 14.2 Å². The maximum Gasteiger partial charge on any atom is 0.363 e. The lowest BCUT2D eigenvalue weighted by Crippen LogP contribution is -2.09. The van der Waals surface area contributed by atoms with Crippen LogP contribution in [0.2, 0.25) is 0 Å². The molecule has 1 aliphatic heterocycles. The zero-order valence-corrected chi connectivity index (χ0v) is 16.1. The summed E-state index contributed by atoms with van der Waals surface area (Å²) in [6.07, 6.45) is 1.59. The molecular weight excluding hydrogens is 390 g/mol. The van der Waals surface area contributed by atoms with Gasteiger partial charge in [0.2, 0.25) is 5.90 Å². The summed E-state index contributed by atoms with van der Waals surface area (Å²) in [7, 11) is 1.48. The number of hydrogen-bond acceptors (Lipinski definition) is 7. The molecule has 0 amide bonds. The third-order valence-electron chi connectivity index (χ3n) is 4.06. The number of aliphatic imine (C=N–C) groups is 1. The molecule has 0 radical (unpaired) electrons. The van der Waals surface area contributed by atoms with Gasteiger partial charge in [0, 0.05) is 0 Å². The monoisotopic (exact) mass is 405 g/mol. The fourth-order valence-electron chi connectivity index (χ4n) is 2.66. The molecule has 3 aromatic rings. The molecule has 29 heavy (non-hydrogen) atoms. The first-order valence-electron chi connectivity index (χ1n) is 8.66. The highest BCUT2D eigenvalue weighted by atomic mass is 32.1. The number of thiophene rings is 1. The molecular formula is C22H15NO5S. The Morgan fingerprint density at radius 2 is 1.90 bits per heavy atom. The van der Waals surface area contributed by atoms with Gasteiger partial charge in [0.25, 0.3) is 0 Å². The SMILES string of the molecule is COc1cc(/C=C2/N=C(c3cccs3)OC2=O)ccc1OC(=O)c1ccccc1. The summed E-state index contributed by atoms with van der Waals surface area (Å²) in [5.41, 5.74) is 1.28. The van der Waals surface area contributed by atoms with E-state index in [0.29, 0.717) is 16.9 Å². The maximum absolute atomic E-state index is 12.3. The molecule has 0 unspecified atom stereocenters. The smallest absolute Gasteiger partial charge is 0.363 e. The number of carbonyl (C=O) groups excluding carboxylic acids is 2. The first-order chi connectivity index (χ1) is 14.1. The Bertz CT molecular complexity index is 1120. The van der Waals surface area contributed by atoms with Gasteiger partial charge in [-0.05, 0) is 47.4 Å². The van der Waals surface area contributed by atoms with Gasteiger partial charge in [0.1, 0.15) is 0 Å². The fourth-order valence-corrected chi connectivity index (χ4v) is 3.31. The molecule has 2 heterocycles. The molecule has 1 aliphatic rings. The van der Waals surface area contributed by atoms with Gasteiger partial charge in [-0.1, -0.05) is 30.3 Å². The molecule has 2 aromatic carbocycles. The van der Waals surface area contributed by atoms with Crippen molar-refractivity contribution in [2.24, 2.45) is 4.99 Å². The predicted molar refractivity (Wildman–Crippen MR) is 109 cm³/mol. The third kappa shape index (κ3) is 4.09. The summed E-state index contributed by atoms with van der Waals surface area (Å²) in [6.45, 7) is 0. The first-order valence-corrected chi connectivity index (χ1v) is 9.54. The van der Waals surface area contributed by atoms with E-state index in [0.717, 1.165) is 4.88 Å². The lowest BCUT2D eigenvalue weighted by Gasteiger charge is -2.10. The highest BCUT2D eigenvalue weighted by molar-refractivity contribution is 7.12. The second kappa shape index (κ2) is 8.12. The second-order valence-electron chi connectivity index (χ2n) is 5.98. The van der Waals surface area contributed by atoms with Crippen molar-refractivity contribution in [1.82, 2.24) is 0 Å². The van der Waals surface area contributed by atoms with Gasteiger partial charge in [0.05, 0.1) is 17.6 Å². The van der Waals surface area contributed by atoms with Crippen molar-refractivity contribution in [1.29, 1.82) is 0 Å². The molecule has 0 saturated heterocycles. The van der Waals surface area contributed by atoms with Crippen molar-refractivity contribution < 1.29 is 23.8 Å². The van der Waals surface area contributed by atoms with E-state index in [2.05, 4.69) is 4.99 Å². The fraction of sp³-hybridized carbons (Fsp3) is 0.0455. The Labute approximate surface area is 170 Å². The molecule has 0 fully saturated rings. The summed E-state index contributed by atoms with van der Waals surface area (Å²) in [5.74, 6) is -0.0825. The Hall–Kier alpha value is -3.71. The second-order valence-corrected chi connectivity index (χ2v) is 6.93. The summed E-state index contributed by atoms with van der Waals surface area (Å²) in [5, 5.41) is 1.88. The van der Waals surface area contributed by atoms with E-state index >= 15 is 0 Å². The van der Waals surface area contributed by atoms with Crippen molar-refractivity contribution >= 4 is 35.2 Å². The molecule has 0 bridgehead atoms. The van der Waals surface area contributed by atoms with Gasteiger partial charge in [-0.3, -0.25) is 0 Å². The van der Waals surface area contributed by atoms with E-state index in [1.165, 1.54) is 18.4 Å². The molecule has 6 nitrogen and oxygen atoms in total. The number of nitrogens with zero attached hydrogens (tertiary/aromatic N) is 1. The van der Waals surface area contributed by atoms with Crippen LogP contribution in [0.3, 0.4) is 0 Å². The zero-order valence-electron chi connectivity index (χ0n) is 15.3. The minimum Gasteiger partial charge on any atom is -0.493 e. The van der Waals surface area contributed by atoms with E-state index in [1.807, 2.05) is 23.6 Å². The standard InChI is InChI=1S/C22H15NO5S/c1-26-18-13-14(9-10-17(18)27-21(24)15-6-3-2-4-7-15)12-16-22(25)28-20(23-16)19-8-5-11-29-19/h2-13H,1H3/b16-12+. The van der Waals surface area contributed by atoms with Crippen LogP contribution in [0.5, 0.6) is 11.5 Å². The number of cyclic esters (lactones) is 1. The van der Waals surface area contributed by atoms with Crippen LogP contribution in [0.25, 0.3) is 6.08 Å². The molecule has 0 atom stereocenters. The molecule has 0 saturated carbocycles. The van der Waals surface area contributed by atoms with Gasteiger partial charge >= 0.3 is 11.9 Å². The van der Waals surface area contributed by atoms with Crippen molar-refractivity contribution in [3.05, 3.63) is 87.7 Å². The number of ether oxygens (including phenoxy) is 3. The van der Waals surface area contributed by atoms with E-state index < -0.39 is 11.9 Å². The third-order valence-corrected chi connectivity index (χ3v) is 4.91. The van der Waals surface area contributed by atoms with E-state index in [-0.39, 0.29) is 17.3 Å². The van der Waals surface area contributed by atoms with Crippen LogP contribution in [0.1, 0.15) is 20.8 Å². The number of carbonyl (C=O) groups is 2. The minimum absolute atomic E-state index is 0.185.